The van der Waals surface area contributed by atoms with Crippen LogP contribution in [0.1, 0.15) is 26.7 Å². The van der Waals surface area contributed by atoms with E-state index in [0.29, 0.717) is 11.3 Å². The van der Waals surface area contributed by atoms with Crippen molar-refractivity contribution in [3.8, 4) is 0 Å². The predicted molar refractivity (Wildman–Crippen MR) is 59.1 cm³/mol. The molecule has 1 aliphatic rings. The van der Waals surface area contributed by atoms with Crippen molar-refractivity contribution in [2.24, 2.45) is 11.7 Å². The Morgan fingerprint density at radius 2 is 2.38 bits per heavy atom. The van der Waals surface area contributed by atoms with Crippen LogP contribution in [0.5, 0.6) is 0 Å². The fraction of sp³-hybridized carbons (Fsp3) is 1.00. The Morgan fingerprint density at radius 3 is 3.00 bits per heavy atom. The van der Waals surface area contributed by atoms with Crippen LogP contribution in [0.15, 0.2) is 0 Å². The van der Waals surface area contributed by atoms with Gasteiger partial charge in [0.15, 0.2) is 0 Å². The molecular formula is C10H21NOS. The topological polar surface area (TPSA) is 35.2 Å². The fourth-order valence-electron chi connectivity index (χ4n) is 1.31. The lowest BCUT2D eigenvalue weighted by atomic mass is 10.1. The average Bonchev–Trinajstić information content (AvgIpc) is 2.16. The molecule has 1 saturated heterocycles. The summed E-state index contributed by atoms with van der Waals surface area (Å²) in [5.41, 5.74) is 6.01. The van der Waals surface area contributed by atoms with Crippen LogP contribution in [0.2, 0.25) is 0 Å². The Balaban J connectivity index is 2.18. The molecule has 1 rings (SSSR count). The minimum atomic E-state index is 0.350. The number of hydrogen-bond acceptors (Lipinski definition) is 3. The van der Waals surface area contributed by atoms with E-state index in [4.69, 9.17) is 10.5 Å². The van der Waals surface area contributed by atoms with Crippen LogP contribution in [-0.4, -0.2) is 30.3 Å². The third kappa shape index (κ3) is 3.88. The van der Waals surface area contributed by atoms with Gasteiger partial charge in [-0.25, -0.2) is 0 Å². The summed E-state index contributed by atoms with van der Waals surface area (Å²) in [5.74, 6) is 2.03. The highest BCUT2D eigenvalue weighted by atomic mass is 32.2. The first-order valence-electron chi connectivity index (χ1n) is 5.19. The van der Waals surface area contributed by atoms with Gasteiger partial charge in [0.05, 0.1) is 6.61 Å². The summed E-state index contributed by atoms with van der Waals surface area (Å²) in [7, 11) is 0. The molecule has 0 aromatic rings. The molecule has 3 heteroatoms. The van der Waals surface area contributed by atoms with Crippen LogP contribution in [0, 0.1) is 5.92 Å². The van der Waals surface area contributed by atoms with Gasteiger partial charge in [0.2, 0.25) is 0 Å². The van der Waals surface area contributed by atoms with Gasteiger partial charge in [0.1, 0.15) is 0 Å². The zero-order chi connectivity index (χ0) is 9.68. The Morgan fingerprint density at radius 1 is 1.62 bits per heavy atom. The maximum absolute atomic E-state index is 6.01. The minimum Gasteiger partial charge on any atom is -0.380 e. The van der Waals surface area contributed by atoms with Crippen molar-refractivity contribution in [2.75, 3.05) is 19.0 Å². The molecule has 0 amide bonds. The van der Waals surface area contributed by atoms with Crippen LogP contribution in [0.3, 0.4) is 0 Å². The third-order valence-electron chi connectivity index (χ3n) is 2.65. The van der Waals surface area contributed by atoms with Crippen molar-refractivity contribution in [1.82, 2.24) is 0 Å². The van der Waals surface area contributed by atoms with Crippen molar-refractivity contribution in [3.63, 3.8) is 0 Å². The highest BCUT2D eigenvalue weighted by molar-refractivity contribution is 8.00. The largest absolute Gasteiger partial charge is 0.380 e. The van der Waals surface area contributed by atoms with Gasteiger partial charge in [0.25, 0.3) is 0 Å². The van der Waals surface area contributed by atoms with Gasteiger partial charge in [0, 0.05) is 17.9 Å². The molecule has 0 spiro atoms. The number of hydrogen-bond donors (Lipinski definition) is 1. The lowest BCUT2D eigenvalue weighted by molar-refractivity contribution is 0.0915. The second kappa shape index (κ2) is 5.89. The zero-order valence-electron chi connectivity index (χ0n) is 8.66. The average molecular weight is 203 g/mol. The maximum Gasteiger partial charge on any atom is 0.0600 e. The molecule has 0 aromatic carbocycles. The molecule has 13 heavy (non-hydrogen) atoms. The predicted octanol–water partition coefficient (Wildman–Crippen LogP) is 1.88. The number of nitrogens with two attached hydrogens (primary N) is 1. The molecule has 2 N–H and O–H groups in total. The monoisotopic (exact) mass is 203 g/mol. The van der Waals surface area contributed by atoms with Crippen LogP contribution in [0.25, 0.3) is 0 Å². The highest BCUT2D eigenvalue weighted by Gasteiger charge is 2.22. The Hall–Kier alpha value is 0.270. The van der Waals surface area contributed by atoms with Gasteiger partial charge in [-0.15, -0.1) is 0 Å². The first kappa shape index (κ1) is 11.3. The van der Waals surface area contributed by atoms with Gasteiger partial charge < -0.3 is 10.5 Å². The lowest BCUT2D eigenvalue weighted by Gasteiger charge is -2.28. The van der Waals surface area contributed by atoms with Crippen molar-refractivity contribution in [1.29, 1.82) is 0 Å². The van der Waals surface area contributed by atoms with E-state index in [1.807, 2.05) is 11.8 Å². The van der Waals surface area contributed by atoms with Crippen LogP contribution in [-0.2, 0) is 4.74 Å². The van der Waals surface area contributed by atoms with Crippen molar-refractivity contribution in [3.05, 3.63) is 0 Å². The molecule has 1 fully saturated rings. The summed E-state index contributed by atoms with van der Waals surface area (Å²) in [6.07, 6.45) is 2.29. The standard InChI is InChI=1S/C10H21NOS/c1-3-8(2)7-13-10-6-12-5-4-9(10)11/h8-10H,3-7,11H2,1-2H3. The molecule has 3 unspecified atom stereocenters. The summed E-state index contributed by atoms with van der Waals surface area (Å²) in [5, 5.41) is 0.530. The summed E-state index contributed by atoms with van der Waals surface area (Å²) >= 11 is 1.99. The second-order valence-corrected chi connectivity index (χ2v) is 5.18. The summed E-state index contributed by atoms with van der Waals surface area (Å²) < 4.78 is 5.42. The Kier molecular flexibility index (Phi) is 5.14. The third-order valence-corrected chi connectivity index (χ3v) is 4.32. The van der Waals surface area contributed by atoms with Crippen LogP contribution < -0.4 is 5.73 Å². The SMILES string of the molecule is CCC(C)CSC1COCCC1N. The van der Waals surface area contributed by atoms with Crippen LogP contribution in [0.4, 0.5) is 0 Å². The smallest absolute Gasteiger partial charge is 0.0600 e. The molecule has 1 heterocycles. The Bertz CT molecular complexity index is 143. The fourth-order valence-corrected chi connectivity index (χ4v) is 2.69. The minimum absolute atomic E-state index is 0.350. The highest BCUT2D eigenvalue weighted by Crippen LogP contribution is 2.23. The van der Waals surface area contributed by atoms with Gasteiger partial charge >= 0.3 is 0 Å². The summed E-state index contributed by atoms with van der Waals surface area (Å²) in [6, 6.07) is 0.350. The molecule has 0 bridgehead atoms. The Labute approximate surface area is 85.6 Å². The summed E-state index contributed by atoms with van der Waals surface area (Å²) in [6.45, 7) is 6.23. The quantitative estimate of drug-likeness (QED) is 0.758. The van der Waals surface area contributed by atoms with E-state index in [9.17, 15) is 0 Å². The van der Waals surface area contributed by atoms with Crippen molar-refractivity contribution in [2.45, 2.75) is 38.0 Å². The molecule has 2 nitrogen and oxygen atoms in total. The molecule has 3 atom stereocenters. The second-order valence-electron chi connectivity index (χ2n) is 3.91. The maximum atomic E-state index is 6.01. The molecule has 0 radical (unpaired) electrons. The van der Waals surface area contributed by atoms with E-state index in [1.54, 1.807) is 0 Å². The van der Waals surface area contributed by atoms with E-state index in [2.05, 4.69) is 13.8 Å². The first-order valence-corrected chi connectivity index (χ1v) is 6.23. The molecule has 1 aliphatic heterocycles. The van der Waals surface area contributed by atoms with E-state index in [1.165, 1.54) is 12.2 Å². The van der Waals surface area contributed by atoms with E-state index < -0.39 is 0 Å². The first-order chi connectivity index (χ1) is 6.24. The van der Waals surface area contributed by atoms with E-state index in [-0.39, 0.29) is 0 Å². The van der Waals surface area contributed by atoms with Gasteiger partial charge in [-0.05, 0) is 18.1 Å². The molecule has 0 aromatic heterocycles. The number of thioether (sulfide) groups is 1. The zero-order valence-corrected chi connectivity index (χ0v) is 9.48. The van der Waals surface area contributed by atoms with E-state index in [0.717, 1.165) is 25.6 Å². The van der Waals surface area contributed by atoms with Gasteiger partial charge in [-0.3, -0.25) is 0 Å². The van der Waals surface area contributed by atoms with Crippen molar-refractivity contribution >= 4 is 11.8 Å². The molecule has 0 aliphatic carbocycles. The van der Waals surface area contributed by atoms with Gasteiger partial charge in [-0.1, -0.05) is 20.3 Å². The van der Waals surface area contributed by atoms with E-state index >= 15 is 0 Å². The molecular weight excluding hydrogens is 182 g/mol. The number of rotatable bonds is 4. The van der Waals surface area contributed by atoms with Crippen molar-refractivity contribution < 1.29 is 4.74 Å². The number of ether oxygens (including phenoxy) is 1. The van der Waals surface area contributed by atoms with Gasteiger partial charge in [-0.2, -0.15) is 11.8 Å². The normalized spacial score (nSPS) is 31.6. The molecule has 78 valence electrons. The van der Waals surface area contributed by atoms with Crippen LogP contribution >= 0.6 is 11.8 Å². The lowest BCUT2D eigenvalue weighted by Crippen LogP contribution is -2.41. The summed E-state index contributed by atoms with van der Waals surface area (Å²) in [4.78, 5) is 0. The molecule has 0 saturated carbocycles.